The lowest BCUT2D eigenvalue weighted by molar-refractivity contribution is -0.122. The SMILES string of the molecule is CC.CC.CNC(=O)COc1ccc(NSN2CCOCC2)c2ncccc12.c1ccc(CCN2CCCC2)cc1. The van der Waals surface area contributed by atoms with Crippen LogP contribution in [0.5, 0.6) is 5.75 Å². The van der Waals surface area contributed by atoms with Gasteiger partial charge in [0.2, 0.25) is 0 Å². The number of likely N-dealkylation sites (tertiary alicyclic amines) is 1. The van der Waals surface area contributed by atoms with Crippen LogP contribution in [0, 0.1) is 0 Å². The number of hydrogen-bond acceptors (Lipinski definition) is 8. The summed E-state index contributed by atoms with van der Waals surface area (Å²) >= 11 is 1.55. The summed E-state index contributed by atoms with van der Waals surface area (Å²) in [5.41, 5.74) is 3.19. The Labute approximate surface area is 251 Å². The van der Waals surface area contributed by atoms with Crippen molar-refractivity contribution in [2.75, 3.05) is 64.3 Å². The molecule has 1 aromatic heterocycles. The number of pyridine rings is 1. The Hall–Kier alpha value is -2.85. The molecule has 2 aliphatic rings. The van der Waals surface area contributed by atoms with Crippen molar-refractivity contribution >= 4 is 34.6 Å². The monoisotopic (exact) mass is 583 g/mol. The number of benzene rings is 2. The van der Waals surface area contributed by atoms with Gasteiger partial charge in [-0.05, 0) is 62.2 Å². The predicted octanol–water partition coefficient (Wildman–Crippen LogP) is 6.04. The minimum absolute atomic E-state index is 0.0181. The Kier molecular flexibility index (Phi) is 17.5. The second-order valence-electron chi connectivity index (χ2n) is 8.99. The van der Waals surface area contributed by atoms with Gasteiger partial charge in [0.05, 0.1) is 24.4 Å². The molecule has 9 heteroatoms. The van der Waals surface area contributed by atoms with Crippen molar-refractivity contribution in [1.82, 2.24) is 19.5 Å². The topological polar surface area (TPSA) is 79.0 Å². The molecule has 1 amide bonds. The van der Waals surface area contributed by atoms with Crippen LogP contribution in [-0.2, 0) is 16.0 Å². The standard InChI is InChI=1S/C16H20N4O3S.C12H17N.2C2H6/c1-17-15(21)11-23-14-5-4-13(16-12(14)3-2-6-18-16)19-24-20-7-9-22-10-8-20;1-2-6-12(7-3-1)8-11-13-9-4-5-10-13;2*1-2/h2-6,19H,7-11H2,1H3,(H,17,21);1-3,6-7H,4-5,8-11H2;2*1-2H3. The van der Waals surface area contributed by atoms with Gasteiger partial charge in [0, 0.05) is 50.4 Å². The van der Waals surface area contributed by atoms with Gasteiger partial charge < -0.3 is 24.4 Å². The largest absolute Gasteiger partial charge is 0.483 e. The Morgan fingerprint density at radius 2 is 1.66 bits per heavy atom. The summed E-state index contributed by atoms with van der Waals surface area (Å²) in [5, 5.41) is 3.41. The molecule has 2 aromatic carbocycles. The third-order valence-corrected chi connectivity index (χ3v) is 7.31. The van der Waals surface area contributed by atoms with E-state index in [0.29, 0.717) is 5.75 Å². The van der Waals surface area contributed by atoms with E-state index in [1.807, 2.05) is 52.0 Å². The number of nitrogens with zero attached hydrogens (tertiary/aromatic N) is 3. The molecule has 5 rings (SSSR count). The fourth-order valence-corrected chi connectivity index (χ4v) is 4.98. The number of anilines is 1. The van der Waals surface area contributed by atoms with Crippen LogP contribution in [0.1, 0.15) is 46.1 Å². The quantitative estimate of drug-likeness (QED) is 0.295. The lowest BCUT2D eigenvalue weighted by atomic mass is 10.1. The van der Waals surface area contributed by atoms with Crippen LogP contribution in [0.4, 0.5) is 5.69 Å². The van der Waals surface area contributed by atoms with E-state index in [1.54, 1.807) is 25.4 Å². The maximum atomic E-state index is 11.4. The fourth-order valence-electron chi connectivity index (χ4n) is 4.26. The average molecular weight is 584 g/mol. The predicted molar refractivity (Wildman–Crippen MR) is 173 cm³/mol. The molecule has 2 N–H and O–H groups in total. The first-order valence-electron chi connectivity index (χ1n) is 15.0. The normalized spacial score (nSPS) is 14.9. The maximum Gasteiger partial charge on any atom is 0.257 e. The third kappa shape index (κ3) is 12.3. The van der Waals surface area contributed by atoms with Gasteiger partial charge in [-0.3, -0.25) is 9.78 Å². The Morgan fingerprint density at radius 1 is 0.951 bits per heavy atom. The van der Waals surface area contributed by atoms with Crippen LogP contribution in [-0.4, -0.2) is 79.7 Å². The molecule has 2 saturated heterocycles. The number of amides is 1. The first-order chi connectivity index (χ1) is 20.2. The first kappa shape index (κ1) is 34.4. The first-order valence-corrected chi connectivity index (χ1v) is 15.7. The molecule has 3 aromatic rings. The highest BCUT2D eigenvalue weighted by atomic mass is 32.2. The van der Waals surface area contributed by atoms with Gasteiger partial charge in [0.1, 0.15) is 5.75 Å². The summed E-state index contributed by atoms with van der Waals surface area (Å²) < 4.78 is 16.5. The molecule has 0 atom stereocenters. The molecule has 0 aliphatic carbocycles. The molecule has 0 unspecified atom stereocenters. The van der Waals surface area contributed by atoms with E-state index in [4.69, 9.17) is 9.47 Å². The van der Waals surface area contributed by atoms with Gasteiger partial charge >= 0.3 is 0 Å². The van der Waals surface area contributed by atoms with E-state index in [1.165, 1.54) is 44.5 Å². The van der Waals surface area contributed by atoms with Gasteiger partial charge in [0.25, 0.3) is 5.91 Å². The molecule has 226 valence electrons. The van der Waals surface area contributed by atoms with E-state index in [2.05, 4.69) is 54.6 Å². The second kappa shape index (κ2) is 20.9. The Morgan fingerprint density at radius 3 is 2.34 bits per heavy atom. The zero-order valence-corrected chi connectivity index (χ0v) is 26.3. The fraction of sp³-hybridized carbons (Fsp3) is 0.500. The van der Waals surface area contributed by atoms with Crippen molar-refractivity contribution in [2.45, 2.75) is 47.0 Å². The summed E-state index contributed by atoms with van der Waals surface area (Å²) in [4.78, 5) is 18.4. The number of morpholine rings is 1. The number of carbonyl (C=O) groups excluding carboxylic acids is 1. The van der Waals surface area contributed by atoms with Crippen LogP contribution in [0.25, 0.3) is 10.9 Å². The van der Waals surface area contributed by atoms with E-state index in [9.17, 15) is 4.79 Å². The molecule has 41 heavy (non-hydrogen) atoms. The van der Waals surface area contributed by atoms with Crippen LogP contribution >= 0.6 is 12.1 Å². The molecule has 3 heterocycles. The van der Waals surface area contributed by atoms with Gasteiger partial charge in [-0.1, -0.05) is 58.0 Å². The van der Waals surface area contributed by atoms with Crippen LogP contribution in [0.2, 0.25) is 0 Å². The van der Waals surface area contributed by atoms with E-state index in [-0.39, 0.29) is 12.5 Å². The van der Waals surface area contributed by atoms with Crippen LogP contribution in [0.3, 0.4) is 0 Å². The summed E-state index contributed by atoms with van der Waals surface area (Å²) in [7, 11) is 1.58. The number of aromatic nitrogens is 1. The molecule has 0 saturated carbocycles. The van der Waals surface area contributed by atoms with Crippen molar-refractivity contribution in [3.8, 4) is 5.75 Å². The Balaban J connectivity index is 0.000000291. The van der Waals surface area contributed by atoms with E-state index < -0.39 is 0 Å². The zero-order valence-electron chi connectivity index (χ0n) is 25.5. The van der Waals surface area contributed by atoms with Crippen molar-refractivity contribution in [3.05, 3.63) is 66.4 Å². The van der Waals surface area contributed by atoms with Gasteiger partial charge in [-0.25, -0.2) is 4.31 Å². The van der Waals surface area contributed by atoms with Gasteiger partial charge in [-0.2, -0.15) is 0 Å². The van der Waals surface area contributed by atoms with Crippen molar-refractivity contribution in [2.24, 2.45) is 0 Å². The number of fused-ring (bicyclic) bond motifs is 1. The van der Waals surface area contributed by atoms with Crippen molar-refractivity contribution in [1.29, 1.82) is 0 Å². The minimum atomic E-state index is -0.169. The minimum Gasteiger partial charge on any atom is -0.483 e. The maximum absolute atomic E-state index is 11.4. The number of ether oxygens (including phenoxy) is 2. The molecule has 0 spiro atoms. The highest BCUT2D eigenvalue weighted by Crippen LogP contribution is 2.32. The summed E-state index contributed by atoms with van der Waals surface area (Å²) in [5.74, 6) is 0.473. The molecular weight excluding hydrogens is 534 g/mol. The highest BCUT2D eigenvalue weighted by Gasteiger charge is 2.14. The summed E-state index contributed by atoms with van der Waals surface area (Å²) in [6.07, 6.45) is 5.75. The Bertz CT molecular complexity index is 1110. The van der Waals surface area contributed by atoms with Gasteiger partial charge in [0.15, 0.2) is 6.61 Å². The lowest BCUT2D eigenvalue weighted by Crippen LogP contribution is -2.32. The molecule has 0 bridgehead atoms. The number of nitrogens with one attached hydrogen (secondary N) is 2. The van der Waals surface area contributed by atoms with Crippen molar-refractivity contribution < 1.29 is 14.3 Å². The smallest absolute Gasteiger partial charge is 0.257 e. The van der Waals surface area contributed by atoms with E-state index in [0.717, 1.165) is 42.9 Å². The molecule has 2 fully saturated rings. The van der Waals surface area contributed by atoms with Crippen LogP contribution in [0.15, 0.2) is 60.8 Å². The average Bonchev–Trinajstić information content (AvgIpc) is 3.59. The third-order valence-electron chi connectivity index (χ3n) is 6.38. The number of hydrogen-bond donors (Lipinski definition) is 2. The molecule has 8 nitrogen and oxygen atoms in total. The van der Waals surface area contributed by atoms with Gasteiger partial charge in [-0.15, -0.1) is 0 Å². The van der Waals surface area contributed by atoms with E-state index >= 15 is 0 Å². The highest BCUT2D eigenvalue weighted by molar-refractivity contribution is 7.98. The van der Waals surface area contributed by atoms with Crippen LogP contribution < -0.4 is 14.8 Å². The molecular formula is C32H49N5O3S. The zero-order chi connectivity index (χ0) is 29.7. The summed E-state index contributed by atoms with van der Waals surface area (Å²) in [6.45, 7) is 15.1. The molecule has 0 radical (unpaired) electrons. The summed E-state index contributed by atoms with van der Waals surface area (Å²) in [6, 6.07) is 18.3. The van der Waals surface area contributed by atoms with Crippen molar-refractivity contribution in [3.63, 3.8) is 0 Å². The number of rotatable bonds is 9. The molecule has 2 aliphatic heterocycles. The number of carbonyl (C=O) groups is 1. The lowest BCUT2D eigenvalue weighted by Gasteiger charge is -2.25. The number of likely N-dealkylation sites (N-methyl/N-ethyl adjacent to an activating group) is 1. The second-order valence-corrected chi connectivity index (χ2v) is 9.89.